The fraction of sp³-hybridized carbons (Fsp3) is 0.375. The molecule has 1 fully saturated rings. The Bertz CT molecular complexity index is 552. The maximum atomic E-state index is 6.08. The van der Waals surface area contributed by atoms with Crippen molar-refractivity contribution >= 4 is 22.9 Å². The molecule has 1 aromatic carbocycles. The van der Waals surface area contributed by atoms with Crippen molar-refractivity contribution in [2.24, 2.45) is 0 Å². The van der Waals surface area contributed by atoms with Crippen LogP contribution in [0.15, 0.2) is 35.7 Å². The Morgan fingerprint density at radius 3 is 2.95 bits per heavy atom. The van der Waals surface area contributed by atoms with E-state index in [9.17, 15) is 0 Å². The lowest BCUT2D eigenvalue weighted by molar-refractivity contribution is 0.318. The third-order valence-electron chi connectivity index (χ3n) is 3.37. The monoisotopic (exact) mass is 307 g/mol. The average molecular weight is 308 g/mol. The van der Waals surface area contributed by atoms with Crippen molar-refractivity contribution in [3.05, 3.63) is 51.2 Å². The van der Waals surface area contributed by atoms with E-state index in [2.05, 4.69) is 22.8 Å². The van der Waals surface area contributed by atoms with Crippen molar-refractivity contribution in [3.63, 3.8) is 0 Å². The molecule has 1 N–H and O–H groups in total. The molecule has 0 aliphatic heterocycles. The van der Waals surface area contributed by atoms with Crippen molar-refractivity contribution < 1.29 is 4.74 Å². The second kappa shape index (κ2) is 6.61. The summed E-state index contributed by atoms with van der Waals surface area (Å²) in [5, 5.41) is 6.37. The number of hydrogen-bond donors (Lipinski definition) is 1. The number of rotatable bonds is 7. The van der Waals surface area contributed by atoms with Crippen LogP contribution in [0, 0.1) is 0 Å². The third kappa shape index (κ3) is 3.98. The van der Waals surface area contributed by atoms with Gasteiger partial charge in [0.05, 0.1) is 6.61 Å². The molecule has 0 atom stereocenters. The quantitative estimate of drug-likeness (QED) is 0.824. The van der Waals surface area contributed by atoms with Gasteiger partial charge < -0.3 is 10.1 Å². The van der Waals surface area contributed by atoms with Crippen LogP contribution in [0.25, 0.3) is 0 Å². The zero-order valence-corrected chi connectivity index (χ0v) is 12.8. The minimum atomic E-state index is 0.688. The predicted octanol–water partition coefficient (Wildman–Crippen LogP) is 4.28. The Morgan fingerprint density at radius 2 is 2.20 bits per heavy atom. The van der Waals surface area contributed by atoms with E-state index in [-0.39, 0.29) is 0 Å². The summed E-state index contributed by atoms with van der Waals surface area (Å²) in [6.07, 6.45) is 3.53. The van der Waals surface area contributed by atoms with E-state index in [1.807, 2.05) is 18.2 Å². The average Bonchev–Trinajstić information content (AvgIpc) is 3.13. The van der Waals surface area contributed by atoms with Gasteiger partial charge in [-0.15, -0.1) is 11.3 Å². The first-order valence-corrected chi connectivity index (χ1v) is 8.24. The molecule has 3 rings (SSSR count). The lowest BCUT2D eigenvalue weighted by Gasteiger charge is -2.12. The van der Waals surface area contributed by atoms with Gasteiger partial charge in [0.25, 0.3) is 0 Å². The van der Waals surface area contributed by atoms with Gasteiger partial charge in [0.15, 0.2) is 0 Å². The van der Waals surface area contributed by atoms with E-state index < -0.39 is 0 Å². The third-order valence-corrected chi connectivity index (χ3v) is 4.54. The first kappa shape index (κ1) is 13.9. The number of halogens is 1. The van der Waals surface area contributed by atoms with Gasteiger partial charge in [-0.3, -0.25) is 0 Å². The summed E-state index contributed by atoms with van der Waals surface area (Å²) in [5.41, 5.74) is 1.15. The highest BCUT2D eigenvalue weighted by Gasteiger charge is 2.20. The van der Waals surface area contributed by atoms with Gasteiger partial charge in [-0.1, -0.05) is 17.7 Å². The van der Waals surface area contributed by atoms with Crippen molar-refractivity contribution in [2.45, 2.75) is 31.8 Å². The fourth-order valence-electron chi connectivity index (χ4n) is 2.09. The summed E-state index contributed by atoms with van der Waals surface area (Å²) in [5.74, 6) is 0.944. The molecular weight excluding hydrogens is 290 g/mol. The summed E-state index contributed by atoms with van der Waals surface area (Å²) >= 11 is 7.86. The topological polar surface area (TPSA) is 21.3 Å². The summed E-state index contributed by atoms with van der Waals surface area (Å²) in [4.78, 5) is 1.36. The molecule has 0 radical (unpaired) electrons. The number of nitrogens with one attached hydrogen (secondary N) is 1. The van der Waals surface area contributed by atoms with Gasteiger partial charge >= 0.3 is 0 Å². The Labute approximate surface area is 128 Å². The Hall–Kier alpha value is -1.03. The van der Waals surface area contributed by atoms with Gasteiger partial charge in [-0.05, 0) is 42.5 Å². The van der Waals surface area contributed by atoms with Crippen LogP contribution in [0.5, 0.6) is 5.75 Å². The molecular formula is C16H18ClNOS. The smallest absolute Gasteiger partial charge is 0.123 e. The van der Waals surface area contributed by atoms with E-state index >= 15 is 0 Å². The molecule has 106 valence electrons. The van der Waals surface area contributed by atoms with Gasteiger partial charge in [0, 0.05) is 34.5 Å². The molecule has 20 heavy (non-hydrogen) atoms. The molecule has 1 aliphatic carbocycles. The molecule has 2 aromatic rings. The van der Waals surface area contributed by atoms with E-state index in [1.165, 1.54) is 17.7 Å². The lowest BCUT2D eigenvalue weighted by atomic mass is 10.2. The molecule has 1 heterocycles. The van der Waals surface area contributed by atoms with Crippen molar-refractivity contribution in [3.8, 4) is 5.75 Å². The standard InChI is InChI=1S/C16H18ClNOS/c17-13-3-6-16(12(10-13)11-18-14-4-5-14)19-8-7-15-2-1-9-20-15/h1-3,6,9-10,14,18H,4-5,7-8,11H2. The minimum absolute atomic E-state index is 0.688. The zero-order valence-electron chi connectivity index (χ0n) is 11.3. The second-order valence-corrected chi connectivity index (χ2v) is 6.55. The first-order chi connectivity index (χ1) is 9.81. The van der Waals surface area contributed by atoms with Gasteiger partial charge in [-0.2, -0.15) is 0 Å². The molecule has 1 aliphatic rings. The number of ether oxygens (including phenoxy) is 1. The van der Waals surface area contributed by atoms with Crippen LogP contribution in [-0.4, -0.2) is 12.6 Å². The van der Waals surface area contributed by atoms with Crippen LogP contribution >= 0.6 is 22.9 Å². The highest BCUT2D eigenvalue weighted by molar-refractivity contribution is 7.09. The van der Waals surface area contributed by atoms with Crippen LogP contribution < -0.4 is 10.1 Å². The van der Waals surface area contributed by atoms with Crippen LogP contribution in [0.4, 0.5) is 0 Å². The summed E-state index contributed by atoms with van der Waals surface area (Å²) in [6.45, 7) is 1.54. The van der Waals surface area contributed by atoms with E-state index in [0.717, 1.165) is 29.3 Å². The Kier molecular flexibility index (Phi) is 4.61. The van der Waals surface area contributed by atoms with Gasteiger partial charge in [0.1, 0.15) is 5.75 Å². The van der Waals surface area contributed by atoms with Crippen LogP contribution in [0.1, 0.15) is 23.3 Å². The van der Waals surface area contributed by atoms with E-state index in [1.54, 1.807) is 11.3 Å². The van der Waals surface area contributed by atoms with Gasteiger partial charge in [0.2, 0.25) is 0 Å². The van der Waals surface area contributed by atoms with Gasteiger partial charge in [-0.25, -0.2) is 0 Å². The summed E-state index contributed by atoms with van der Waals surface area (Å²) in [7, 11) is 0. The normalized spacial score (nSPS) is 14.4. The SMILES string of the molecule is Clc1ccc(OCCc2cccs2)c(CNC2CC2)c1. The highest BCUT2D eigenvalue weighted by Crippen LogP contribution is 2.25. The van der Waals surface area contributed by atoms with Crippen molar-refractivity contribution in [2.75, 3.05) is 6.61 Å². The number of thiophene rings is 1. The molecule has 0 saturated heterocycles. The summed E-state index contributed by atoms with van der Waals surface area (Å²) < 4.78 is 5.93. The number of benzene rings is 1. The molecule has 0 amide bonds. The summed E-state index contributed by atoms with van der Waals surface area (Å²) in [6, 6.07) is 10.8. The maximum Gasteiger partial charge on any atom is 0.123 e. The lowest BCUT2D eigenvalue weighted by Crippen LogP contribution is -2.16. The van der Waals surface area contributed by atoms with Crippen molar-refractivity contribution in [1.82, 2.24) is 5.32 Å². The number of hydrogen-bond acceptors (Lipinski definition) is 3. The molecule has 2 nitrogen and oxygen atoms in total. The molecule has 0 spiro atoms. The maximum absolute atomic E-state index is 6.08. The molecule has 1 aromatic heterocycles. The molecule has 0 bridgehead atoms. The first-order valence-electron chi connectivity index (χ1n) is 6.98. The van der Waals surface area contributed by atoms with Crippen molar-refractivity contribution in [1.29, 1.82) is 0 Å². The Morgan fingerprint density at radius 1 is 1.30 bits per heavy atom. The van der Waals surface area contributed by atoms with E-state index in [0.29, 0.717) is 12.6 Å². The van der Waals surface area contributed by atoms with Crippen LogP contribution in [-0.2, 0) is 13.0 Å². The molecule has 1 saturated carbocycles. The van der Waals surface area contributed by atoms with Crippen LogP contribution in [0.2, 0.25) is 5.02 Å². The minimum Gasteiger partial charge on any atom is -0.493 e. The zero-order chi connectivity index (χ0) is 13.8. The predicted molar refractivity (Wildman–Crippen MR) is 84.8 cm³/mol. The highest BCUT2D eigenvalue weighted by atomic mass is 35.5. The molecule has 0 unspecified atom stereocenters. The van der Waals surface area contributed by atoms with Crippen LogP contribution in [0.3, 0.4) is 0 Å². The van der Waals surface area contributed by atoms with E-state index in [4.69, 9.17) is 16.3 Å². The molecule has 4 heteroatoms. The Balaban J connectivity index is 1.58. The fourth-order valence-corrected chi connectivity index (χ4v) is 2.97. The second-order valence-electron chi connectivity index (χ2n) is 5.09. The largest absolute Gasteiger partial charge is 0.493 e.